The minimum atomic E-state index is -0.303. The fourth-order valence-corrected chi connectivity index (χ4v) is 8.84. The maximum Gasteiger partial charge on any atom is 0.262 e. The van der Waals surface area contributed by atoms with Crippen LogP contribution in [-0.4, -0.2) is 90.3 Å². The van der Waals surface area contributed by atoms with E-state index in [1.165, 1.54) is 38.5 Å². The van der Waals surface area contributed by atoms with Crippen LogP contribution in [0.5, 0.6) is 11.5 Å². The normalized spacial score (nSPS) is 15.1. The van der Waals surface area contributed by atoms with Gasteiger partial charge in [-0.25, -0.2) is 0 Å². The molecule has 0 bridgehead atoms. The predicted octanol–water partition coefficient (Wildman–Crippen LogP) is 7.23. The zero-order chi connectivity index (χ0) is 38.3. The molecular weight excluding hydrogens is 719 g/mol. The highest BCUT2D eigenvalue weighted by molar-refractivity contribution is 7.11. The van der Waals surface area contributed by atoms with Gasteiger partial charge in [-0.1, -0.05) is 66.4 Å². The van der Waals surface area contributed by atoms with E-state index in [1.807, 2.05) is 24.3 Å². The van der Waals surface area contributed by atoms with Gasteiger partial charge in [0.2, 0.25) is 0 Å². The molecule has 2 aliphatic heterocycles. The Morgan fingerprint density at radius 3 is 2.05 bits per heavy atom. The Morgan fingerprint density at radius 1 is 0.786 bits per heavy atom. The van der Waals surface area contributed by atoms with Gasteiger partial charge >= 0.3 is 0 Å². The van der Waals surface area contributed by atoms with Crippen molar-refractivity contribution in [3.63, 3.8) is 0 Å². The first kappa shape index (κ1) is 35.7. The van der Waals surface area contributed by atoms with Crippen LogP contribution < -0.4 is 9.47 Å². The molecule has 3 aliphatic rings. The summed E-state index contributed by atoms with van der Waals surface area (Å²) in [5.41, 5.74) is 11.1. The molecule has 56 heavy (non-hydrogen) atoms. The summed E-state index contributed by atoms with van der Waals surface area (Å²) in [5.74, 6) is 7.29. The topological polar surface area (TPSA) is 80.1 Å². The third-order valence-corrected chi connectivity index (χ3v) is 12.0. The molecule has 2 amide bonds. The lowest BCUT2D eigenvalue weighted by atomic mass is 9.97. The number of nitrogens with zero attached hydrogens (tertiary/aromatic N) is 5. The van der Waals surface area contributed by atoms with Crippen molar-refractivity contribution in [1.82, 2.24) is 24.5 Å². The van der Waals surface area contributed by atoms with Crippen LogP contribution in [0.15, 0.2) is 102 Å². The number of fused-ring (bicyclic) bond motifs is 4. The molecule has 2 aromatic heterocycles. The molecule has 0 atom stereocenters. The number of hydrogen-bond acceptors (Lipinski definition) is 8. The van der Waals surface area contributed by atoms with Gasteiger partial charge in [0, 0.05) is 61.2 Å². The maximum absolute atomic E-state index is 12.9. The molecule has 0 unspecified atom stereocenters. The molecule has 280 valence electrons. The Hall–Kier alpha value is -5.99. The molecule has 10 heteroatoms. The smallest absolute Gasteiger partial charge is 0.262 e. The first-order valence-electron chi connectivity index (χ1n) is 18.8. The first-order chi connectivity index (χ1) is 27.4. The van der Waals surface area contributed by atoms with Crippen LogP contribution in [0.2, 0.25) is 0 Å². The Bertz CT molecular complexity index is 2440. The van der Waals surface area contributed by atoms with Gasteiger partial charge in [0.25, 0.3) is 11.8 Å². The molecule has 0 radical (unpaired) electrons. The summed E-state index contributed by atoms with van der Waals surface area (Å²) in [4.78, 5) is 32.8. The molecule has 0 saturated carbocycles. The van der Waals surface area contributed by atoms with Crippen molar-refractivity contribution in [2.24, 2.45) is 0 Å². The number of methoxy groups -OCH3 is 2. The van der Waals surface area contributed by atoms with Crippen molar-refractivity contribution in [2.75, 3.05) is 54.0 Å². The summed E-state index contributed by atoms with van der Waals surface area (Å²) >= 11 is 1.54. The number of likely N-dealkylation sites (N-methyl/N-ethyl adjacent to an activating group) is 1. The zero-order valence-electron chi connectivity index (χ0n) is 31.6. The van der Waals surface area contributed by atoms with Crippen LogP contribution >= 0.6 is 11.3 Å². The third kappa shape index (κ3) is 6.58. The molecular formula is C46H41N5O4S. The van der Waals surface area contributed by atoms with Crippen molar-refractivity contribution < 1.29 is 19.1 Å². The number of piperazine rings is 1. The second-order valence-corrected chi connectivity index (χ2v) is 15.5. The number of ether oxygens (including phenoxy) is 2. The first-order valence-corrected chi connectivity index (χ1v) is 19.7. The Labute approximate surface area is 330 Å². The van der Waals surface area contributed by atoms with Gasteiger partial charge in [-0.15, -0.1) is 11.3 Å². The van der Waals surface area contributed by atoms with E-state index < -0.39 is 0 Å². The van der Waals surface area contributed by atoms with Gasteiger partial charge in [-0.3, -0.25) is 24.1 Å². The molecule has 0 N–H and O–H groups in total. The second kappa shape index (κ2) is 14.9. The molecule has 1 aliphatic carbocycles. The summed E-state index contributed by atoms with van der Waals surface area (Å²) in [6, 6.07) is 32.2. The lowest BCUT2D eigenvalue weighted by Gasteiger charge is -2.32. The molecule has 1 saturated heterocycles. The molecule has 1 fully saturated rings. The van der Waals surface area contributed by atoms with Gasteiger partial charge in [-0.2, -0.15) is 5.10 Å². The number of carbonyl (C=O) groups is 2. The lowest BCUT2D eigenvalue weighted by molar-refractivity contribution is 0.0675. The second-order valence-electron chi connectivity index (χ2n) is 14.6. The SMILES string of the molecule is COc1ccc(C(c2ccc(OC)cc2)n2nc(-c3csc(C#CCN4C(=O)c5ccccc5C4=O)c3)c3c2-c2ccc(CN4CCN(C)CC4)cc2C3)cc1. The zero-order valence-corrected chi connectivity index (χ0v) is 32.4. The number of aromatic nitrogens is 2. The number of benzene rings is 4. The molecule has 9 rings (SSSR count). The van der Waals surface area contributed by atoms with Crippen molar-refractivity contribution in [3.05, 3.63) is 146 Å². The van der Waals surface area contributed by atoms with Gasteiger partial charge in [-0.05, 0) is 71.8 Å². The Balaban J connectivity index is 1.09. The standard InChI is InChI=1S/C46H41N5O4S/c1-48-21-23-49(24-22-48)28-30-10-19-38-33(25-30)27-41-42(34-26-37(56-29-34)7-6-20-50-45(52)39-8-4-5-9-40(39)46(50)53)47-51(44(38)41)43(31-11-15-35(54-2)16-12-31)32-13-17-36(55-3)18-14-32/h4-5,8-19,25-26,29,43H,20-24,27-28H2,1-3H3. The molecule has 6 aromatic rings. The number of imide groups is 1. The van der Waals surface area contributed by atoms with E-state index >= 15 is 0 Å². The highest BCUT2D eigenvalue weighted by atomic mass is 32.1. The Morgan fingerprint density at radius 2 is 1.43 bits per heavy atom. The van der Waals surface area contributed by atoms with Crippen molar-refractivity contribution in [1.29, 1.82) is 0 Å². The van der Waals surface area contributed by atoms with Crippen molar-refractivity contribution in [3.8, 4) is 45.9 Å². The summed E-state index contributed by atoms with van der Waals surface area (Å²) in [7, 11) is 5.56. The maximum atomic E-state index is 12.9. The molecule has 9 nitrogen and oxygen atoms in total. The summed E-state index contributed by atoms with van der Waals surface area (Å²) in [6.07, 6.45) is 0.769. The third-order valence-electron chi connectivity index (χ3n) is 11.1. The van der Waals surface area contributed by atoms with Crippen molar-refractivity contribution in [2.45, 2.75) is 19.0 Å². The van der Waals surface area contributed by atoms with Crippen LogP contribution in [0.4, 0.5) is 0 Å². The minimum absolute atomic E-state index is 0.0286. The average molecular weight is 760 g/mol. The molecule has 0 spiro atoms. The summed E-state index contributed by atoms with van der Waals surface area (Å²) in [5, 5.41) is 7.57. The van der Waals surface area contributed by atoms with Gasteiger partial charge < -0.3 is 14.4 Å². The number of carbonyl (C=O) groups excluding carboxylic acids is 2. The average Bonchev–Trinajstić information content (AvgIpc) is 4.00. The number of thiophene rings is 1. The summed E-state index contributed by atoms with van der Waals surface area (Å²) in [6.45, 7) is 5.28. The van der Waals surface area contributed by atoms with E-state index in [9.17, 15) is 9.59 Å². The van der Waals surface area contributed by atoms with Crippen LogP contribution in [-0.2, 0) is 13.0 Å². The van der Waals surface area contributed by atoms with Gasteiger partial charge in [0.15, 0.2) is 0 Å². The number of hydrogen-bond donors (Lipinski definition) is 0. The quantitative estimate of drug-likeness (QED) is 0.114. The fourth-order valence-electron chi connectivity index (χ4n) is 8.08. The highest BCUT2D eigenvalue weighted by Crippen LogP contribution is 2.46. The van der Waals surface area contributed by atoms with E-state index in [1.54, 1.807) is 38.5 Å². The van der Waals surface area contributed by atoms with E-state index in [2.05, 4.69) is 87.3 Å². The molecule has 4 aromatic carbocycles. The monoisotopic (exact) mass is 759 g/mol. The largest absolute Gasteiger partial charge is 0.497 e. The Kier molecular flexibility index (Phi) is 9.51. The van der Waals surface area contributed by atoms with Crippen LogP contribution in [0.3, 0.4) is 0 Å². The van der Waals surface area contributed by atoms with Crippen LogP contribution in [0, 0.1) is 11.8 Å². The summed E-state index contributed by atoms with van der Waals surface area (Å²) < 4.78 is 13.3. The van der Waals surface area contributed by atoms with Gasteiger partial charge in [0.05, 0.1) is 48.2 Å². The number of amides is 2. The highest BCUT2D eigenvalue weighted by Gasteiger charge is 2.35. The van der Waals surface area contributed by atoms with Crippen molar-refractivity contribution >= 4 is 23.2 Å². The number of rotatable bonds is 9. The van der Waals surface area contributed by atoms with Crippen LogP contribution in [0.1, 0.15) is 59.5 Å². The van der Waals surface area contributed by atoms with E-state index in [0.717, 1.165) is 83.6 Å². The van der Waals surface area contributed by atoms with E-state index in [0.29, 0.717) is 11.1 Å². The fraction of sp³-hybridized carbons (Fsp3) is 0.239. The minimum Gasteiger partial charge on any atom is -0.497 e. The molecule has 4 heterocycles. The van der Waals surface area contributed by atoms with Crippen LogP contribution in [0.25, 0.3) is 22.5 Å². The van der Waals surface area contributed by atoms with E-state index in [-0.39, 0.29) is 24.4 Å². The van der Waals surface area contributed by atoms with E-state index in [4.69, 9.17) is 14.6 Å². The van der Waals surface area contributed by atoms with Gasteiger partial charge in [0.1, 0.15) is 17.5 Å². The lowest BCUT2D eigenvalue weighted by Crippen LogP contribution is -2.43. The predicted molar refractivity (Wildman–Crippen MR) is 218 cm³/mol.